The number of amides is 1. The van der Waals surface area contributed by atoms with Crippen LogP contribution >= 0.6 is 0 Å². The second-order valence-corrected chi connectivity index (χ2v) is 5.02. The number of rotatable bonds is 5. The molecule has 0 aliphatic carbocycles. The van der Waals surface area contributed by atoms with Crippen molar-refractivity contribution >= 4 is 11.9 Å². The van der Waals surface area contributed by atoms with Gasteiger partial charge >= 0.3 is 0 Å². The molecule has 0 radical (unpaired) electrons. The van der Waals surface area contributed by atoms with Gasteiger partial charge in [0.2, 0.25) is 11.9 Å². The minimum absolute atomic E-state index is 0.0847. The maximum Gasteiger partial charge on any atom is 0.225 e. The second kappa shape index (κ2) is 6.50. The standard InChI is InChI=1S/C14H22N4O/c1-3-6-13(19)15-10-12-9-11(2)16-14(17-12)18-7-4-5-8-18/h9H,3-8,10H2,1-2H3,(H,15,19). The first-order chi connectivity index (χ1) is 9.19. The Kier molecular flexibility index (Phi) is 4.71. The minimum Gasteiger partial charge on any atom is -0.350 e. The largest absolute Gasteiger partial charge is 0.350 e. The fourth-order valence-electron chi connectivity index (χ4n) is 2.27. The van der Waals surface area contributed by atoms with Crippen LogP contribution in [0.2, 0.25) is 0 Å². The molecule has 1 aromatic rings. The van der Waals surface area contributed by atoms with Crippen LogP contribution in [0, 0.1) is 6.92 Å². The van der Waals surface area contributed by atoms with Gasteiger partial charge in [0.05, 0.1) is 12.2 Å². The van der Waals surface area contributed by atoms with Gasteiger partial charge in [-0.1, -0.05) is 6.92 Å². The van der Waals surface area contributed by atoms with Crippen LogP contribution < -0.4 is 10.2 Å². The second-order valence-electron chi connectivity index (χ2n) is 5.02. The van der Waals surface area contributed by atoms with Crippen molar-refractivity contribution in [3.63, 3.8) is 0 Å². The average Bonchev–Trinajstić information content (AvgIpc) is 2.90. The smallest absolute Gasteiger partial charge is 0.225 e. The van der Waals surface area contributed by atoms with Crippen molar-refractivity contribution in [1.82, 2.24) is 15.3 Å². The maximum atomic E-state index is 11.5. The first-order valence-corrected chi connectivity index (χ1v) is 7.05. The van der Waals surface area contributed by atoms with E-state index in [-0.39, 0.29) is 5.91 Å². The van der Waals surface area contributed by atoms with E-state index in [1.807, 2.05) is 19.9 Å². The van der Waals surface area contributed by atoms with E-state index < -0.39 is 0 Å². The van der Waals surface area contributed by atoms with Gasteiger partial charge in [0.15, 0.2) is 0 Å². The van der Waals surface area contributed by atoms with Gasteiger partial charge < -0.3 is 10.2 Å². The first kappa shape index (κ1) is 13.8. The molecule has 1 N–H and O–H groups in total. The monoisotopic (exact) mass is 262 g/mol. The highest BCUT2D eigenvalue weighted by molar-refractivity contribution is 5.75. The number of carbonyl (C=O) groups excluding carboxylic acids is 1. The highest BCUT2D eigenvalue weighted by Crippen LogP contribution is 2.16. The van der Waals surface area contributed by atoms with E-state index in [9.17, 15) is 4.79 Å². The van der Waals surface area contributed by atoms with E-state index in [4.69, 9.17) is 0 Å². The fraction of sp³-hybridized carbons (Fsp3) is 0.643. The molecule has 1 aliphatic rings. The van der Waals surface area contributed by atoms with Crippen molar-refractivity contribution in [3.05, 3.63) is 17.5 Å². The molecule has 0 aromatic carbocycles. The lowest BCUT2D eigenvalue weighted by Crippen LogP contribution is -2.25. The van der Waals surface area contributed by atoms with E-state index in [1.165, 1.54) is 12.8 Å². The zero-order valence-electron chi connectivity index (χ0n) is 11.8. The van der Waals surface area contributed by atoms with Gasteiger partial charge in [0.1, 0.15) is 0 Å². The van der Waals surface area contributed by atoms with Crippen molar-refractivity contribution in [2.45, 2.75) is 46.1 Å². The normalized spacial score (nSPS) is 14.7. The number of aryl methyl sites for hydroxylation is 1. The van der Waals surface area contributed by atoms with Crippen molar-refractivity contribution < 1.29 is 4.79 Å². The summed E-state index contributed by atoms with van der Waals surface area (Å²) in [5.41, 5.74) is 1.84. The van der Waals surface area contributed by atoms with Gasteiger partial charge in [0, 0.05) is 25.2 Å². The van der Waals surface area contributed by atoms with Crippen LogP contribution in [-0.2, 0) is 11.3 Å². The highest BCUT2D eigenvalue weighted by Gasteiger charge is 2.15. The van der Waals surface area contributed by atoms with Crippen molar-refractivity contribution in [1.29, 1.82) is 0 Å². The Morgan fingerprint density at radius 1 is 1.37 bits per heavy atom. The molecule has 2 heterocycles. The van der Waals surface area contributed by atoms with E-state index in [0.717, 1.165) is 36.8 Å². The zero-order valence-corrected chi connectivity index (χ0v) is 11.8. The summed E-state index contributed by atoms with van der Waals surface area (Å²) in [4.78, 5) is 22.7. The molecule has 1 saturated heterocycles. The van der Waals surface area contributed by atoms with E-state index in [0.29, 0.717) is 13.0 Å². The van der Waals surface area contributed by atoms with Crippen LogP contribution in [0.5, 0.6) is 0 Å². The third kappa shape index (κ3) is 3.91. The SMILES string of the molecule is CCCC(=O)NCc1cc(C)nc(N2CCCC2)n1. The van der Waals surface area contributed by atoms with Crippen LogP contribution in [0.4, 0.5) is 5.95 Å². The van der Waals surface area contributed by atoms with Gasteiger partial charge in [-0.05, 0) is 32.3 Å². The molecule has 0 unspecified atom stereocenters. The van der Waals surface area contributed by atoms with Crippen molar-refractivity contribution in [2.24, 2.45) is 0 Å². The van der Waals surface area contributed by atoms with Gasteiger partial charge in [-0.3, -0.25) is 4.79 Å². The fourth-order valence-corrected chi connectivity index (χ4v) is 2.27. The summed E-state index contributed by atoms with van der Waals surface area (Å²) in [7, 11) is 0. The molecule has 0 spiro atoms. The number of aromatic nitrogens is 2. The molecular weight excluding hydrogens is 240 g/mol. The average molecular weight is 262 g/mol. The van der Waals surface area contributed by atoms with Gasteiger partial charge in [-0.25, -0.2) is 9.97 Å². The van der Waals surface area contributed by atoms with Crippen LogP contribution in [0.1, 0.15) is 44.0 Å². The number of hydrogen-bond acceptors (Lipinski definition) is 4. The molecule has 19 heavy (non-hydrogen) atoms. The Morgan fingerprint density at radius 3 is 2.79 bits per heavy atom. The van der Waals surface area contributed by atoms with Crippen molar-refractivity contribution in [2.75, 3.05) is 18.0 Å². The summed E-state index contributed by atoms with van der Waals surface area (Å²) in [6.45, 7) is 6.53. The number of carbonyl (C=O) groups is 1. The quantitative estimate of drug-likeness (QED) is 0.879. The Hall–Kier alpha value is -1.65. The van der Waals surface area contributed by atoms with Gasteiger partial charge in [-0.15, -0.1) is 0 Å². The summed E-state index contributed by atoms with van der Waals surface area (Å²) in [6, 6.07) is 1.94. The summed E-state index contributed by atoms with van der Waals surface area (Å²) >= 11 is 0. The molecule has 104 valence electrons. The predicted molar refractivity (Wildman–Crippen MR) is 75.0 cm³/mol. The molecule has 1 amide bonds. The van der Waals surface area contributed by atoms with Crippen LogP contribution in [0.15, 0.2) is 6.07 Å². The third-order valence-corrected chi connectivity index (χ3v) is 3.23. The van der Waals surface area contributed by atoms with E-state index in [2.05, 4.69) is 20.2 Å². The molecule has 5 nitrogen and oxygen atoms in total. The molecule has 1 aromatic heterocycles. The number of anilines is 1. The Morgan fingerprint density at radius 2 is 2.11 bits per heavy atom. The Balaban J connectivity index is 2.02. The lowest BCUT2D eigenvalue weighted by molar-refractivity contribution is -0.121. The van der Waals surface area contributed by atoms with Crippen LogP contribution in [-0.4, -0.2) is 29.0 Å². The van der Waals surface area contributed by atoms with Crippen LogP contribution in [0.25, 0.3) is 0 Å². The Bertz CT molecular complexity index is 441. The molecule has 1 fully saturated rings. The zero-order chi connectivity index (χ0) is 13.7. The minimum atomic E-state index is 0.0847. The molecule has 1 aliphatic heterocycles. The lowest BCUT2D eigenvalue weighted by Gasteiger charge is -2.16. The maximum absolute atomic E-state index is 11.5. The summed E-state index contributed by atoms with van der Waals surface area (Å²) in [5.74, 6) is 0.888. The topological polar surface area (TPSA) is 58.1 Å². The summed E-state index contributed by atoms with van der Waals surface area (Å²) < 4.78 is 0. The Labute approximate surface area is 114 Å². The highest BCUT2D eigenvalue weighted by atomic mass is 16.1. The molecule has 5 heteroatoms. The number of nitrogens with one attached hydrogen (secondary N) is 1. The van der Waals surface area contributed by atoms with E-state index in [1.54, 1.807) is 0 Å². The third-order valence-electron chi connectivity index (χ3n) is 3.23. The van der Waals surface area contributed by atoms with E-state index >= 15 is 0 Å². The summed E-state index contributed by atoms with van der Waals surface area (Å²) in [6.07, 6.45) is 3.86. The predicted octanol–water partition coefficient (Wildman–Crippen LogP) is 1.80. The van der Waals surface area contributed by atoms with Gasteiger partial charge in [0.25, 0.3) is 0 Å². The molecule has 0 bridgehead atoms. The number of nitrogens with zero attached hydrogens (tertiary/aromatic N) is 3. The van der Waals surface area contributed by atoms with Crippen molar-refractivity contribution in [3.8, 4) is 0 Å². The first-order valence-electron chi connectivity index (χ1n) is 7.05. The van der Waals surface area contributed by atoms with Crippen LogP contribution in [0.3, 0.4) is 0 Å². The number of hydrogen-bond donors (Lipinski definition) is 1. The van der Waals surface area contributed by atoms with Gasteiger partial charge in [-0.2, -0.15) is 0 Å². The summed E-state index contributed by atoms with van der Waals surface area (Å²) in [5, 5.41) is 2.90. The molecule has 0 atom stereocenters. The molecule has 2 rings (SSSR count). The molecular formula is C14H22N4O. The molecule has 0 saturated carbocycles. The lowest BCUT2D eigenvalue weighted by atomic mass is 10.3.